The molecule has 2 fully saturated rings. The summed E-state index contributed by atoms with van der Waals surface area (Å²) >= 11 is 0. The van der Waals surface area contributed by atoms with E-state index in [1.54, 1.807) is 0 Å². The molecule has 0 amide bonds. The summed E-state index contributed by atoms with van der Waals surface area (Å²) in [6.07, 6.45) is 1.68. The molecule has 1 aliphatic heterocycles. The summed E-state index contributed by atoms with van der Waals surface area (Å²) in [5, 5.41) is 0. The second kappa shape index (κ2) is 4.96. The highest BCUT2D eigenvalue weighted by molar-refractivity contribution is 7.89. The molecule has 0 bridgehead atoms. The van der Waals surface area contributed by atoms with Crippen LogP contribution in [0.15, 0.2) is 17.0 Å². The van der Waals surface area contributed by atoms with E-state index in [9.17, 15) is 21.6 Å². The SMILES string of the molecule is NC1CCC2CN(S(=O)(=O)c3cc(F)c(F)cc3F)CC12. The molecule has 2 aliphatic rings. The van der Waals surface area contributed by atoms with Gasteiger partial charge in [0.05, 0.1) is 0 Å². The molecule has 3 atom stereocenters. The molecule has 3 rings (SSSR count). The summed E-state index contributed by atoms with van der Waals surface area (Å²) in [4.78, 5) is -0.824. The van der Waals surface area contributed by atoms with Crippen molar-refractivity contribution in [1.29, 1.82) is 0 Å². The van der Waals surface area contributed by atoms with E-state index in [0.717, 1.165) is 17.1 Å². The molecule has 1 saturated heterocycles. The minimum absolute atomic E-state index is 0.0492. The van der Waals surface area contributed by atoms with Crippen molar-refractivity contribution < 1.29 is 21.6 Å². The molecule has 1 saturated carbocycles. The largest absolute Gasteiger partial charge is 0.327 e. The van der Waals surface area contributed by atoms with E-state index in [4.69, 9.17) is 5.73 Å². The Kier molecular flexibility index (Phi) is 3.50. The Hall–Kier alpha value is -1.12. The maximum atomic E-state index is 13.7. The first-order valence-electron chi connectivity index (χ1n) is 6.71. The quantitative estimate of drug-likeness (QED) is 0.839. The van der Waals surface area contributed by atoms with Crippen molar-refractivity contribution in [1.82, 2.24) is 4.31 Å². The summed E-state index contributed by atoms with van der Waals surface area (Å²) in [5.74, 6) is -3.87. The lowest BCUT2D eigenvalue weighted by Gasteiger charge is -2.19. The smallest absolute Gasteiger partial charge is 0.246 e. The van der Waals surface area contributed by atoms with Crippen LogP contribution in [-0.4, -0.2) is 31.9 Å². The van der Waals surface area contributed by atoms with Gasteiger partial charge in [0.15, 0.2) is 11.6 Å². The van der Waals surface area contributed by atoms with Gasteiger partial charge in [-0.25, -0.2) is 21.6 Å². The molecule has 2 N–H and O–H groups in total. The molecule has 1 heterocycles. The van der Waals surface area contributed by atoms with Crippen LogP contribution in [0.4, 0.5) is 13.2 Å². The van der Waals surface area contributed by atoms with Gasteiger partial charge < -0.3 is 5.73 Å². The highest BCUT2D eigenvalue weighted by Crippen LogP contribution is 2.39. The number of nitrogens with zero attached hydrogens (tertiary/aromatic N) is 1. The Morgan fingerprint density at radius 1 is 1.05 bits per heavy atom. The Morgan fingerprint density at radius 3 is 2.38 bits per heavy atom. The fourth-order valence-corrected chi connectivity index (χ4v) is 4.90. The molecule has 3 unspecified atom stereocenters. The van der Waals surface area contributed by atoms with Crippen LogP contribution in [0.5, 0.6) is 0 Å². The third-order valence-electron chi connectivity index (χ3n) is 4.47. The maximum Gasteiger partial charge on any atom is 0.246 e. The zero-order valence-corrected chi connectivity index (χ0v) is 11.9. The monoisotopic (exact) mass is 320 g/mol. The van der Waals surface area contributed by atoms with Crippen molar-refractivity contribution >= 4 is 10.0 Å². The summed E-state index contributed by atoms with van der Waals surface area (Å²) in [5.41, 5.74) is 5.93. The van der Waals surface area contributed by atoms with Crippen LogP contribution >= 0.6 is 0 Å². The number of fused-ring (bicyclic) bond motifs is 1. The van der Waals surface area contributed by atoms with Gasteiger partial charge >= 0.3 is 0 Å². The predicted octanol–water partition coefficient (Wildman–Crippen LogP) is 1.46. The zero-order valence-electron chi connectivity index (χ0n) is 11.1. The lowest BCUT2D eigenvalue weighted by molar-refractivity contribution is 0.421. The van der Waals surface area contributed by atoms with Crippen LogP contribution in [0.2, 0.25) is 0 Å². The van der Waals surface area contributed by atoms with Crippen molar-refractivity contribution in [2.75, 3.05) is 13.1 Å². The summed E-state index contributed by atoms with van der Waals surface area (Å²) < 4.78 is 65.8. The number of hydrogen-bond donors (Lipinski definition) is 1. The van der Waals surface area contributed by atoms with Crippen molar-refractivity contribution in [3.05, 3.63) is 29.6 Å². The molecule has 8 heteroatoms. The van der Waals surface area contributed by atoms with Crippen LogP contribution in [0.1, 0.15) is 12.8 Å². The van der Waals surface area contributed by atoms with E-state index < -0.39 is 32.4 Å². The number of hydrogen-bond acceptors (Lipinski definition) is 3. The fraction of sp³-hybridized carbons (Fsp3) is 0.538. The molecule has 1 aromatic rings. The molecule has 0 radical (unpaired) electrons. The molecule has 4 nitrogen and oxygen atoms in total. The van der Waals surface area contributed by atoms with Gasteiger partial charge in [-0.3, -0.25) is 0 Å². The number of sulfonamides is 1. The van der Waals surface area contributed by atoms with E-state index in [0.29, 0.717) is 6.07 Å². The second-order valence-electron chi connectivity index (χ2n) is 5.68. The van der Waals surface area contributed by atoms with Gasteiger partial charge in [0.25, 0.3) is 0 Å². The number of benzene rings is 1. The Labute approximate surface area is 120 Å². The van der Waals surface area contributed by atoms with Crippen LogP contribution in [0, 0.1) is 29.3 Å². The minimum Gasteiger partial charge on any atom is -0.327 e. The molecular formula is C13H15F3N2O2S. The van der Waals surface area contributed by atoms with Crippen molar-refractivity contribution in [3.63, 3.8) is 0 Å². The number of halogens is 3. The molecule has 116 valence electrons. The van der Waals surface area contributed by atoms with E-state index in [1.165, 1.54) is 0 Å². The van der Waals surface area contributed by atoms with Gasteiger partial charge in [-0.1, -0.05) is 0 Å². The lowest BCUT2D eigenvalue weighted by Crippen LogP contribution is -2.34. The summed E-state index contributed by atoms with van der Waals surface area (Å²) in [6, 6.07) is 0.587. The fourth-order valence-electron chi connectivity index (χ4n) is 3.30. The third kappa shape index (κ3) is 2.35. The Balaban J connectivity index is 1.94. The van der Waals surface area contributed by atoms with Gasteiger partial charge in [0.1, 0.15) is 10.7 Å². The zero-order chi connectivity index (χ0) is 15.4. The molecule has 0 spiro atoms. The summed E-state index contributed by atoms with van der Waals surface area (Å²) in [7, 11) is -4.18. The van der Waals surface area contributed by atoms with E-state index >= 15 is 0 Å². The summed E-state index contributed by atoms with van der Waals surface area (Å²) in [6.45, 7) is 0.450. The average molecular weight is 320 g/mol. The van der Waals surface area contributed by atoms with Gasteiger partial charge in [-0.05, 0) is 30.7 Å². The third-order valence-corrected chi connectivity index (χ3v) is 6.32. The normalized spacial score (nSPS) is 29.8. The second-order valence-corrected chi connectivity index (χ2v) is 7.59. The number of nitrogens with two attached hydrogens (primary N) is 1. The van der Waals surface area contributed by atoms with Crippen LogP contribution < -0.4 is 5.73 Å². The molecule has 1 aromatic carbocycles. The van der Waals surface area contributed by atoms with E-state index in [1.807, 2.05) is 0 Å². The van der Waals surface area contributed by atoms with E-state index in [2.05, 4.69) is 0 Å². The topological polar surface area (TPSA) is 63.4 Å². The average Bonchev–Trinajstić information content (AvgIpc) is 2.97. The molecule has 1 aliphatic carbocycles. The predicted molar refractivity (Wildman–Crippen MR) is 69.3 cm³/mol. The maximum absolute atomic E-state index is 13.7. The lowest BCUT2D eigenvalue weighted by atomic mass is 9.98. The van der Waals surface area contributed by atoms with Gasteiger partial charge in [-0.2, -0.15) is 4.31 Å². The highest BCUT2D eigenvalue weighted by Gasteiger charge is 2.45. The first kappa shape index (κ1) is 14.8. The van der Waals surface area contributed by atoms with Crippen LogP contribution in [-0.2, 0) is 10.0 Å². The minimum atomic E-state index is -4.18. The van der Waals surface area contributed by atoms with Gasteiger partial charge in [0.2, 0.25) is 10.0 Å². The van der Waals surface area contributed by atoms with E-state index in [-0.39, 0.29) is 37.0 Å². The first-order valence-corrected chi connectivity index (χ1v) is 8.15. The van der Waals surface area contributed by atoms with Gasteiger partial charge in [-0.15, -0.1) is 0 Å². The highest BCUT2D eigenvalue weighted by atomic mass is 32.2. The molecule has 0 aromatic heterocycles. The Morgan fingerprint density at radius 2 is 1.71 bits per heavy atom. The standard InChI is InChI=1S/C13H15F3N2O2S/c14-9-3-11(16)13(4-10(9)15)21(19,20)18-5-7-1-2-12(17)8(7)6-18/h3-4,7-8,12H,1-2,5-6,17H2. The molecule has 21 heavy (non-hydrogen) atoms. The number of rotatable bonds is 2. The van der Waals surface area contributed by atoms with Crippen LogP contribution in [0.3, 0.4) is 0 Å². The van der Waals surface area contributed by atoms with Crippen LogP contribution in [0.25, 0.3) is 0 Å². The van der Waals surface area contributed by atoms with Crippen molar-refractivity contribution in [2.24, 2.45) is 17.6 Å². The first-order chi connectivity index (χ1) is 9.80. The van der Waals surface area contributed by atoms with Crippen molar-refractivity contribution in [2.45, 2.75) is 23.8 Å². The Bertz CT molecular complexity index is 680. The molecular weight excluding hydrogens is 305 g/mol. The van der Waals surface area contributed by atoms with Gasteiger partial charge in [0, 0.05) is 25.2 Å². The van der Waals surface area contributed by atoms with Crippen molar-refractivity contribution in [3.8, 4) is 0 Å².